The molecule has 0 saturated heterocycles. The van der Waals surface area contributed by atoms with Crippen molar-refractivity contribution >= 4 is 37.5 Å². The molecule has 0 fully saturated rings. The van der Waals surface area contributed by atoms with Gasteiger partial charge in [-0.05, 0) is 53.9 Å². The van der Waals surface area contributed by atoms with E-state index in [2.05, 4.69) is 21.2 Å². The van der Waals surface area contributed by atoms with Crippen LogP contribution in [0.3, 0.4) is 0 Å². The van der Waals surface area contributed by atoms with Gasteiger partial charge >= 0.3 is 0 Å². The third kappa shape index (κ3) is 5.32. The van der Waals surface area contributed by atoms with E-state index >= 15 is 0 Å². The molecule has 1 amide bonds. The number of amides is 1. The molecule has 0 heterocycles. The summed E-state index contributed by atoms with van der Waals surface area (Å²) < 4.78 is 25.7. The average Bonchev–Trinajstić information content (AvgIpc) is 2.35. The zero-order valence-corrected chi connectivity index (χ0v) is 15.1. The number of sulfonamides is 1. The van der Waals surface area contributed by atoms with Gasteiger partial charge in [-0.2, -0.15) is 0 Å². The number of aryl methyl sites for hydroxylation is 1. The Kier molecular flexibility index (Phi) is 6.22. The molecule has 1 unspecified atom stereocenters. The van der Waals surface area contributed by atoms with Gasteiger partial charge in [0.15, 0.2) is 0 Å². The lowest BCUT2D eigenvalue weighted by atomic mass is 10.2. The fraction of sp³-hybridized carbons (Fsp3) is 0.500. The summed E-state index contributed by atoms with van der Waals surface area (Å²) in [5, 5.41) is 2.77. The SMILES string of the molecule is CCC(C)NC(=O)CN(c1ccc(C)cc1Br)S(C)(=O)=O. The molecule has 0 aliphatic heterocycles. The molecule has 5 nitrogen and oxygen atoms in total. The Morgan fingerprint density at radius 2 is 2.05 bits per heavy atom. The van der Waals surface area contributed by atoms with Gasteiger partial charge in [0.25, 0.3) is 0 Å². The Morgan fingerprint density at radius 3 is 2.52 bits per heavy atom. The first-order valence-electron chi connectivity index (χ1n) is 6.68. The van der Waals surface area contributed by atoms with E-state index in [1.807, 2.05) is 32.9 Å². The van der Waals surface area contributed by atoms with E-state index in [1.165, 1.54) is 0 Å². The minimum Gasteiger partial charge on any atom is -0.352 e. The van der Waals surface area contributed by atoms with Crippen molar-refractivity contribution in [3.8, 4) is 0 Å². The number of halogens is 1. The van der Waals surface area contributed by atoms with E-state index in [0.29, 0.717) is 10.2 Å². The van der Waals surface area contributed by atoms with Crippen LogP contribution in [0.15, 0.2) is 22.7 Å². The number of anilines is 1. The molecule has 1 N–H and O–H groups in total. The standard InChI is InChI=1S/C14H21BrN2O3S/c1-5-11(3)16-14(18)9-17(21(4,19)20)13-7-6-10(2)8-12(13)15/h6-8,11H,5,9H2,1-4H3,(H,16,18). The van der Waals surface area contributed by atoms with Crippen LogP contribution in [0.25, 0.3) is 0 Å². The number of hydrogen-bond acceptors (Lipinski definition) is 3. The number of hydrogen-bond donors (Lipinski definition) is 1. The molecule has 0 saturated carbocycles. The van der Waals surface area contributed by atoms with Crippen molar-refractivity contribution in [3.05, 3.63) is 28.2 Å². The van der Waals surface area contributed by atoms with Gasteiger partial charge in [0.2, 0.25) is 15.9 Å². The van der Waals surface area contributed by atoms with Gasteiger partial charge in [-0.1, -0.05) is 13.0 Å². The molecule has 21 heavy (non-hydrogen) atoms. The molecule has 0 aliphatic rings. The van der Waals surface area contributed by atoms with Crippen LogP contribution in [-0.2, 0) is 14.8 Å². The Bertz CT molecular complexity index is 617. The topological polar surface area (TPSA) is 66.5 Å². The first kappa shape index (κ1) is 18.0. The normalized spacial score (nSPS) is 12.8. The molecule has 0 radical (unpaired) electrons. The molecular formula is C14H21BrN2O3S. The predicted octanol–water partition coefficient (Wildman–Crippen LogP) is 2.44. The second-order valence-electron chi connectivity index (χ2n) is 5.10. The highest BCUT2D eigenvalue weighted by Gasteiger charge is 2.23. The van der Waals surface area contributed by atoms with Crippen LogP contribution < -0.4 is 9.62 Å². The van der Waals surface area contributed by atoms with E-state index in [-0.39, 0.29) is 18.5 Å². The summed E-state index contributed by atoms with van der Waals surface area (Å²) in [6.45, 7) is 5.51. The third-order valence-electron chi connectivity index (χ3n) is 3.08. The maximum Gasteiger partial charge on any atom is 0.240 e. The van der Waals surface area contributed by atoms with Crippen LogP contribution in [-0.4, -0.2) is 33.2 Å². The molecule has 1 aromatic rings. The van der Waals surface area contributed by atoms with Gasteiger partial charge in [-0.3, -0.25) is 9.10 Å². The number of benzene rings is 1. The Labute approximate surface area is 134 Å². The molecule has 0 aliphatic carbocycles. The van der Waals surface area contributed by atoms with Crippen LogP contribution in [0.5, 0.6) is 0 Å². The molecule has 1 aromatic carbocycles. The minimum atomic E-state index is -3.55. The monoisotopic (exact) mass is 376 g/mol. The molecule has 1 atom stereocenters. The molecule has 1 rings (SSSR count). The summed E-state index contributed by atoms with van der Waals surface area (Å²) in [5.74, 6) is -0.317. The molecular weight excluding hydrogens is 356 g/mol. The van der Waals surface area contributed by atoms with Crippen molar-refractivity contribution in [1.82, 2.24) is 5.32 Å². The highest BCUT2D eigenvalue weighted by Crippen LogP contribution is 2.28. The Balaban J connectivity index is 3.05. The lowest BCUT2D eigenvalue weighted by Crippen LogP contribution is -2.43. The number of carbonyl (C=O) groups is 1. The zero-order valence-electron chi connectivity index (χ0n) is 12.7. The summed E-state index contributed by atoms with van der Waals surface area (Å²) >= 11 is 3.36. The van der Waals surface area contributed by atoms with Crippen LogP contribution >= 0.6 is 15.9 Å². The van der Waals surface area contributed by atoms with E-state index in [1.54, 1.807) is 6.07 Å². The molecule has 0 aromatic heterocycles. The quantitative estimate of drug-likeness (QED) is 0.828. The van der Waals surface area contributed by atoms with Crippen molar-refractivity contribution in [1.29, 1.82) is 0 Å². The fourth-order valence-electron chi connectivity index (χ4n) is 1.75. The van der Waals surface area contributed by atoms with E-state index in [4.69, 9.17) is 0 Å². The van der Waals surface area contributed by atoms with Crippen LogP contribution in [0, 0.1) is 6.92 Å². The molecule has 7 heteroatoms. The second kappa shape index (κ2) is 7.26. The number of nitrogens with one attached hydrogen (secondary N) is 1. The Hall–Kier alpha value is -1.08. The van der Waals surface area contributed by atoms with Crippen molar-refractivity contribution < 1.29 is 13.2 Å². The molecule has 0 spiro atoms. The third-order valence-corrected chi connectivity index (χ3v) is 4.84. The maximum absolute atomic E-state index is 12.0. The number of nitrogens with zero attached hydrogens (tertiary/aromatic N) is 1. The summed E-state index contributed by atoms with van der Waals surface area (Å²) in [7, 11) is -3.55. The fourth-order valence-corrected chi connectivity index (χ4v) is 3.44. The van der Waals surface area contributed by atoms with Crippen molar-refractivity contribution in [2.45, 2.75) is 33.2 Å². The summed E-state index contributed by atoms with van der Waals surface area (Å²) in [5.41, 5.74) is 1.46. The van der Waals surface area contributed by atoms with Crippen LogP contribution in [0.4, 0.5) is 5.69 Å². The molecule has 118 valence electrons. The van der Waals surface area contributed by atoms with Crippen molar-refractivity contribution in [2.75, 3.05) is 17.1 Å². The van der Waals surface area contributed by atoms with Gasteiger partial charge < -0.3 is 5.32 Å². The van der Waals surface area contributed by atoms with Gasteiger partial charge in [-0.15, -0.1) is 0 Å². The van der Waals surface area contributed by atoms with Crippen molar-refractivity contribution in [2.24, 2.45) is 0 Å². The highest BCUT2D eigenvalue weighted by molar-refractivity contribution is 9.10. The van der Waals surface area contributed by atoms with Crippen molar-refractivity contribution in [3.63, 3.8) is 0 Å². The van der Waals surface area contributed by atoms with Crippen LogP contribution in [0.1, 0.15) is 25.8 Å². The number of carbonyl (C=O) groups excluding carboxylic acids is 1. The predicted molar refractivity (Wildman–Crippen MR) is 89.0 cm³/mol. The lowest BCUT2D eigenvalue weighted by Gasteiger charge is -2.24. The maximum atomic E-state index is 12.0. The average molecular weight is 377 g/mol. The van der Waals surface area contributed by atoms with E-state index in [0.717, 1.165) is 22.5 Å². The van der Waals surface area contributed by atoms with Gasteiger partial charge in [0, 0.05) is 10.5 Å². The largest absolute Gasteiger partial charge is 0.352 e. The van der Waals surface area contributed by atoms with Gasteiger partial charge in [-0.25, -0.2) is 8.42 Å². The summed E-state index contributed by atoms with van der Waals surface area (Å²) in [6, 6.07) is 5.34. The van der Waals surface area contributed by atoms with Gasteiger partial charge in [0.05, 0.1) is 11.9 Å². The van der Waals surface area contributed by atoms with E-state index in [9.17, 15) is 13.2 Å². The van der Waals surface area contributed by atoms with Gasteiger partial charge in [0.1, 0.15) is 6.54 Å². The summed E-state index contributed by atoms with van der Waals surface area (Å²) in [6.07, 6.45) is 1.88. The zero-order chi connectivity index (χ0) is 16.2. The second-order valence-corrected chi connectivity index (χ2v) is 7.86. The number of rotatable bonds is 6. The highest BCUT2D eigenvalue weighted by atomic mass is 79.9. The first-order valence-corrected chi connectivity index (χ1v) is 9.32. The smallest absolute Gasteiger partial charge is 0.240 e. The van der Waals surface area contributed by atoms with Crippen LogP contribution in [0.2, 0.25) is 0 Å². The minimum absolute atomic E-state index is 0.0142. The lowest BCUT2D eigenvalue weighted by molar-refractivity contribution is -0.120. The molecule has 0 bridgehead atoms. The van der Waals surface area contributed by atoms with E-state index < -0.39 is 10.0 Å². The summed E-state index contributed by atoms with van der Waals surface area (Å²) in [4.78, 5) is 12.0. The Morgan fingerprint density at radius 1 is 1.43 bits per heavy atom. The first-order chi connectivity index (χ1) is 9.65.